The number of rotatable bonds is 2. The third kappa shape index (κ3) is 2.90. The summed E-state index contributed by atoms with van der Waals surface area (Å²) in [6, 6.07) is 10.9. The van der Waals surface area contributed by atoms with Gasteiger partial charge in [-0.1, -0.05) is 52.6 Å². The summed E-state index contributed by atoms with van der Waals surface area (Å²) in [6.07, 6.45) is 2.87. The molecule has 2 heterocycles. The maximum absolute atomic E-state index is 12.1. The van der Waals surface area contributed by atoms with Crippen LogP contribution in [0.15, 0.2) is 47.2 Å². The molecular weight excluding hydrogens is 443 g/mol. The van der Waals surface area contributed by atoms with Gasteiger partial charge >= 0.3 is 22.4 Å². The molecule has 0 aliphatic carbocycles. The van der Waals surface area contributed by atoms with Crippen molar-refractivity contribution in [2.75, 3.05) is 0 Å². The van der Waals surface area contributed by atoms with E-state index in [-0.39, 0.29) is 28.3 Å². The van der Waals surface area contributed by atoms with Gasteiger partial charge < -0.3 is 4.79 Å². The summed E-state index contributed by atoms with van der Waals surface area (Å²) in [7, 11) is 0. The van der Waals surface area contributed by atoms with E-state index in [2.05, 4.69) is 16.5 Å². The van der Waals surface area contributed by atoms with Crippen LogP contribution in [0.3, 0.4) is 0 Å². The Morgan fingerprint density at radius 3 is 2.68 bits per heavy atom. The van der Waals surface area contributed by atoms with Gasteiger partial charge in [-0.15, -0.1) is 0 Å². The Balaban J connectivity index is 0.00000133. The van der Waals surface area contributed by atoms with Crippen molar-refractivity contribution in [1.82, 2.24) is 15.0 Å². The molecule has 4 nitrogen and oxygen atoms in total. The van der Waals surface area contributed by atoms with E-state index in [1.807, 2.05) is 35.0 Å². The molecule has 0 saturated heterocycles. The fraction of sp³-hybridized carbons (Fsp3) is 0. The summed E-state index contributed by atoms with van der Waals surface area (Å²) < 4.78 is 1.14. The molecule has 19 heavy (non-hydrogen) atoms. The monoisotopic (exact) mass is 451 g/mol. The number of hydrogen-bond acceptors (Lipinski definition) is 4. The normalized spacial score (nSPS) is 9.89. The number of nitrogens with zero attached hydrogens (tertiary/aromatic N) is 3. The quantitative estimate of drug-likeness (QED) is 0.445. The Morgan fingerprint density at radius 1 is 1.21 bits per heavy atom. The minimum atomic E-state index is -0.232. The van der Waals surface area contributed by atoms with Crippen molar-refractivity contribution < 1.29 is 27.2 Å². The second kappa shape index (κ2) is 6.08. The van der Waals surface area contributed by atoms with E-state index in [0.717, 1.165) is 10.2 Å². The predicted octanol–water partition coefficient (Wildman–Crippen LogP) is 2.49. The molecule has 0 atom stereocenters. The van der Waals surface area contributed by atoms with Crippen molar-refractivity contribution in [2.45, 2.75) is 0 Å². The Labute approximate surface area is 129 Å². The molecule has 0 N–H and O–H groups in total. The van der Waals surface area contributed by atoms with E-state index in [4.69, 9.17) is 0 Å². The van der Waals surface area contributed by atoms with Crippen LogP contribution in [0.2, 0.25) is 0 Å². The molecule has 0 fully saturated rings. The Hall–Kier alpha value is -1.53. The molecule has 6 heteroatoms. The van der Waals surface area contributed by atoms with Gasteiger partial charge in [-0.05, 0) is 17.1 Å². The molecule has 2 aromatic heterocycles. The number of hydrogen-bond donors (Lipinski definition) is 0. The second-order valence-corrected chi connectivity index (χ2v) is 4.42. The van der Waals surface area contributed by atoms with Crippen LogP contribution in [0, 0.1) is 6.20 Å². The summed E-state index contributed by atoms with van der Waals surface area (Å²) >= 11 is 1.57. The first-order valence-electron chi connectivity index (χ1n) is 5.32. The first kappa shape index (κ1) is 13.9. The van der Waals surface area contributed by atoms with Gasteiger partial charge in [-0.2, -0.15) is 16.4 Å². The van der Waals surface area contributed by atoms with Crippen molar-refractivity contribution in [3.8, 4) is 11.3 Å². The Morgan fingerprint density at radius 2 is 2.00 bits per heavy atom. The average molecular weight is 451 g/mol. The fourth-order valence-electron chi connectivity index (χ4n) is 1.55. The Bertz CT molecular complexity index is 664. The predicted molar refractivity (Wildman–Crippen MR) is 68.3 cm³/mol. The van der Waals surface area contributed by atoms with E-state index in [0.29, 0.717) is 11.3 Å². The number of benzene rings is 1. The van der Waals surface area contributed by atoms with Gasteiger partial charge in [0.05, 0.1) is 0 Å². The standard InChI is InChI=1S/C13H8N3OS.Au/c17-13(10-4-2-1-3-5-10)16-8-12(14-15-16)11-6-7-18-9-11;/h1-7,9H;/q-1;+1. The van der Waals surface area contributed by atoms with Gasteiger partial charge in [0.25, 0.3) is 0 Å². The number of thiophene rings is 1. The van der Waals surface area contributed by atoms with Gasteiger partial charge in [-0.3, -0.25) is 4.68 Å². The molecule has 98 valence electrons. The summed E-state index contributed by atoms with van der Waals surface area (Å²) in [5.74, 6) is -0.232. The molecule has 1 aromatic carbocycles. The van der Waals surface area contributed by atoms with Gasteiger partial charge in [0, 0.05) is 5.69 Å². The first-order chi connectivity index (χ1) is 8.84. The van der Waals surface area contributed by atoms with Gasteiger partial charge in [-0.25, -0.2) is 0 Å². The van der Waals surface area contributed by atoms with Crippen molar-refractivity contribution >= 4 is 17.2 Å². The molecule has 0 unspecified atom stereocenters. The maximum Gasteiger partial charge on any atom is 1.00 e. The number of carbonyl (C=O) groups excluding carboxylic acids is 1. The largest absolute Gasteiger partial charge is 1.00 e. The molecule has 0 radical (unpaired) electrons. The zero-order chi connectivity index (χ0) is 12.4. The van der Waals surface area contributed by atoms with Gasteiger partial charge in [0.2, 0.25) is 0 Å². The fourth-order valence-corrected chi connectivity index (χ4v) is 2.19. The van der Waals surface area contributed by atoms with Crippen LogP contribution in [0.1, 0.15) is 10.4 Å². The number of aromatic nitrogens is 3. The molecule has 0 saturated carbocycles. The van der Waals surface area contributed by atoms with Crippen LogP contribution in [0.5, 0.6) is 0 Å². The molecule has 0 amide bonds. The van der Waals surface area contributed by atoms with Gasteiger partial charge in [0.1, 0.15) is 0 Å². The minimum Gasteiger partial charge on any atom is -0.343 e. The molecule has 0 bridgehead atoms. The smallest absolute Gasteiger partial charge is 0.343 e. The average Bonchev–Trinajstić information content (AvgIpc) is 3.09. The maximum atomic E-state index is 12.1. The van der Waals surface area contributed by atoms with Crippen molar-refractivity contribution in [1.29, 1.82) is 0 Å². The van der Waals surface area contributed by atoms with Crippen LogP contribution in [0.25, 0.3) is 11.3 Å². The molecule has 3 rings (SSSR count). The van der Waals surface area contributed by atoms with Crippen molar-refractivity contribution in [3.05, 3.63) is 58.9 Å². The van der Waals surface area contributed by atoms with E-state index in [1.165, 1.54) is 0 Å². The summed E-state index contributed by atoms with van der Waals surface area (Å²) in [4.78, 5) is 12.1. The van der Waals surface area contributed by atoms with Crippen LogP contribution in [-0.2, 0) is 22.4 Å². The molecule has 0 spiro atoms. The van der Waals surface area contributed by atoms with Crippen LogP contribution in [-0.4, -0.2) is 20.9 Å². The summed E-state index contributed by atoms with van der Waals surface area (Å²) in [6.45, 7) is 0. The van der Waals surface area contributed by atoms with Crippen LogP contribution < -0.4 is 0 Å². The van der Waals surface area contributed by atoms with E-state index in [1.54, 1.807) is 23.5 Å². The van der Waals surface area contributed by atoms with E-state index in [9.17, 15) is 4.79 Å². The first-order valence-corrected chi connectivity index (χ1v) is 6.26. The SMILES string of the molecule is O=C(c1ccccc1)n1[c-]c(-c2ccsc2)nn1.[Au+]. The van der Waals surface area contributed by atoms with Crippen LogP contribution in [0.4, 0.5) is 0 Å². The van der Waals surface area contributed by atoms with E-state index >= 15 is 0 Å². The molecule has 0 aliphatic heterocycles. The van der Waals surface area contributed by atoms with E-state index < -0.39 is 0 Å². The third-order valence-electron chi connectivity index (χ3n) is 2.45. The zero-order valence-corrected chi connectivity index (χ0v) is 12.6. The van der Waals surface area contributed by atoms with Crippen molar-refractivity contribution in [2.24, 2.45) is 0 Å². The summed E-state index contributed by atoms with van der Waals surface area (Å²) in [5, 5.41) is 11.7. The zero-order valence-electron chi connectivity index (χ0n) is 9.58. The van der Waals surface area contributed by atoms with Crippen molar-refractivity contribution in [3.63, 3.8) is 0 Å². The molecule has 0 aliphatic rings. The second-order valence-electron chi connectivity index (χ2n) is 3.64. The molecule has 3 aromatic rings. The third-order valence-corrected chi connectivity index (χ3v) is 3.14. The number of carbonyl (C=O) groups is 1. The summed E-state index contributed by atoms with van der Waals surface area (Å²) in [5.41, 5.74) is 2.07. The topological polar surface area (TPSA) is 47.8 Å². The Kier molecular flexibility index (Phi) is 4.44. The van der Waals surface area contributed by atoms with Crippen LogP contribution >= 0.6 is 11.3 Å². The molecular formula is C13H8AuN3OS. The minimum absolute atomic E-state index is 0. The van der Waals surface area contributed by atoms with Gasteiger partial charge in [0.15, 0.2) is 5.91 Å².